The largest absolute Gasteiger partial charge is 0.443 e. The van der Waals surface area contributed by atoms with Crippen LogP contribution in [0.15, 0.2) is 53.1 Å². The van der Waals surface area contributed by atoms with Crippen molar-refractivity contribution < 1.29 is 14.1 Å². The summed E-state index contributed by atoms with van der Waals surface area (Å²) in [6.45, 7) is 8.73. The van der Waals surface area contributed by atoms with E-state index >= 15 is 0 Å². The number of nitrogens with one attached hydrogen (secondary N) is 1. The van der Waals surface area contributed by atoms with Crippen molar-refractivity contribution in [1.82, 2.24) is 14.5 Å². The molecule has 8 nitrogen and oxygen atoms in total. The van der Waals surface area contributed by atoms with Gasteiger partial charge in [-0.05, 0) is 104 Å². The molecule has 0 radical (unpaired) electrons. The van der Waals surface area contributed by atoms with Gasteiger partial charge in [-0.2, -0.15) is 10.2 Å². The van der Waals surface area contributed by atoms with Crippen LogP contribution in [-0.2, 0) is 9.30 Å². The predicted octanol–water partition coefficient (Wildman–Crippen LogP) is 7.16. The molecule has 2 aromatic carbocycles. The van der Waals surface area contributed by atoms with Crippen molar-refractivity contribution in [2.45, 2.75) is 26.4 Å². The van der Waals surface area contributed by atoms with Gasteiger partial charge in [0, 0.05) is 16.9 Å². The first-order chi connectivity index (χ1) is 17.3. The molecule has 37 heavy (non-hydrogen) atoms. The van der Waals surface area contributed by atoms with Crippen LogP contribution in [0.2, 0.25) is 5.28 Å². The first kappa shape index (κ1) is 26.9. The second-order valence-electron chi connectivity index (χ2n) is 9.77. The van der Waals surface area contributed by atoms with Gasteiger partial charge in [0.05, 0.1) is 33.0 Å². The topological polar surface area (TPSA) is 110 Å². The molecule has 0 saturated heterocycles. The summed E-state index contributed by atoms with van der Waals surface area (Å²) in [5, 5.41) is 13.9. The summed E-state index contributed by atoms with van der Waals surface area (Å²) in [5.74, 6) is 0.425. The van der Waals surface area contributed by atoms with Crippen LogP contribution >= 0.6 is 34.7 Å². The van der Waals surface area contributed by atoms with Crippen molar-refractivity contribution in [2.24, 2.45) is 0 Å². The number of nitrogens with zero attached hydrogens (tertiary/aromatic N) is 4. The molecular weight excluding hydrogens is 577 g/mol. The summed E-state index contributed by atoms with van der Waals surface area (Å²) >= 11 is 9.37. The van der Waals surface area contributed by atoms with E-state index in [1.807, 2.05) is 12.1 Å². The van der Waals surface area contributed by atoms with Crippen LogP contribution in [0.4, 0.5) is 16.3 Å². The number of ether oxygens (including phenoxy) is 1. The van der Waals surface area contributed by atoms with Gasteiger partial charge in [-0.3, -0.25) is 0 Å². The molecule has 2 aromatic heterocycles. The van der Waals surface area contributed by atoms with Crippen molar-refractivity contribution in [3.05, 3.63) is 64.0 Å². The number of benzene rings is 2. The molecule has 0 spiro atoms. The molecule has 190 valence electrons. The molecule has 4 rings (SSSR count). The Labute approximate surface area is 228 Å². The van der Waals surface area contributed by atoms with Gasteiger partial charge in [-0.1, -0.05) is 6.07 Å². The third-order valence-corrected chi connectivity index (χ3v) is 7.64. The lowest BCUT2D eigenvalue weighted by Crippen LogP contribution is -2.27. The summed E-state index contributed by atoms with van der Waals surface area (Å²) < 4.78 is 21.1. The highest BCUT2D eigenvalue weighted by Gasteiger charge is 2.25. The Morgan fingerprint density at radius 3 is 2.57 bits per heavy atom. The predicted molar refractivity (Wildman–Crippen MR) is 151 cm³/mol. The molecule has 0 amide bonds. The molecule has 0 bridgehead atoms. The van der Waals surface area contributed by atoms with Crippen molar-refractivity contribution in [3.63, 3.8) is 0 Å². The number of anilines is 2. The van der Waals surface area contributed by atoms with E-state index in [0.29, 0.717) is 49.0 Å². The maximum Gasteiger partial charge on any atom is 0.419 e. The van der Waals surface area contributed by atoms with Crippen LogP contribution < -0.4 is 10.6 Å². The van der Waals surface area contributed by atoms with Gasteiger partial charge in [0.25, 0.3) is 0 Å². The summed E-state index contributed by atoms with van der Waals surface area (Å²) in [4.78, 5) is 21.5. The second-order valence-corrected chi connectivity index (χ2v) is 14.2. The highest BCUT2D eigenvalue weighted by atomic mass is 79.9. The number of rotatable bonds is 4. The van der Waals surface area contributed by atoms with Crippen LogP contribution in [0.1, 0.15) is 26.3 Å². The number of hydrogen-bond acceptors (Lipinski definition) is 7. The van der Waals surface area contributed by atoms with E-state index in [1.165, 1.54) is 10.8 Å². The van der Waals surface area contributed by atoms with Crippen molar-refractivity contribution in [2.75, 3.05) is 18.6 Å². The number of fused-ring (bicyclic) bond motifs is 1. The van der Waals surface area contributed by atoms with Gasteiger partial charge in [-0.15, -0.1) is 0 Å². The average Bonchev–Trinajstić information content (AvgIpc) is 3.18. The van der Waals surface area contributed by atoms with E-state index in [0.717, 1.165) is 0 Å². The van der Waals surface area contributed by atoms with Gasteiger partial charge in [0.1, 0.15) is 18.6 Å². The smallest absolute Gasteiger partial charge is 0.419 e. The molecule has 4 aromatic rings. The first-order valence-electron chi connectivity index (χ1n) is 11.2. The summed E-state index contributed by atoms with van der Waals surface area (Å²) in [5.41, 5.74) is 2.14. The minimum atomic E-state index is -2.81. The molecule has 0 aliphatic carbocycles. The van der Waals surface area contributed by atoms with Crippen LogP contribution in [0.3, 0.4) is 0 Å². The minimum Gasteiger partial charge on any atom is -0.443 e. The zero-order valence-corrected chi connectivity index (χ0v) is 24.1. The first-order valence-corrected chi connectivity index (χ1v) is 15.0. The van der Waals surface area contributed by atoms with Crippen LogP contribution in [-0.4, -0.2) is 39.6 Å². The Bertz CT molecular complexity index is 1630. The molecule has 1 N–H and O–H groups in total. The summed E-state index contributed by atoms with van der Waals surface area (Å²) in [6, 6.07) is 14.4. The second kappa shape index (κ2) is 9.94. The van der Waals surface area contributed by atoms with Crippen LogP contribution in [0, 0.1) is 11.3 Å². The molecule has 11 heteroatoms. The van der Waals surface area contributed by atoms with E-state index in [-0.39, 0.29) is 5.28 Å². The Morgan fingerprint density at radius 1 is 1.19 bits per heavy atom. The van der Waals surface area contributed by atoms with Crippen LogP contribution in [0.5, 0.6) is 0 Å². The molecule has 0 fully saturated rings. The maximum absolute atomic E-state index is 13.4. The highest BCUT2D eigenvalue weighted by molar-refractivity contribution is 9.10. The SMILES string of the molecule is CC(C)(C)OC(=O)n1c(-c2ccc(Nc3nc(Cl)ncc3Br)c(P(C)(C)=O)c2)cc2cc(C#N)ccc21. The Kier molecular flexibility index (Phi) is 7.22. The third-order valence-electron chi connectivity index (χ3n) is 5.35. The lowest BCUT2D eigenvalue weighted by Gasteiger charge is -2.21. The minimum absolute atomic E-state index is 0.0682. The van der Waals surface area contributed by atoms with Crippen molar-refractivity contribution in [3.8, 4) is 17.3 Å². The molecule has 0 atom stereocenters. The number of halogens is 2. The van der Waals surface area contributed by atoms with E-state index in [4.69, 9.17) is 16.3 Å². The fourth-order valence-electron chi connectivity index (χ4n) is 3.80. The lowest BCUT2D eigenvalue weighted by molar-refractivity contribution is 0.0547. The van der Waals surface area contributed by atoms with Gasteiger partial charge in [-0.25, -0.2) is 14.3 Å². The maximum atomic E-state index is 13.4. The summed E-state index contributed by atoms with van der Waals surface area (Å²) in [7, 11) is -2.81. The number of nitriles is 1. The monoisotopic (exact) mass is 599 g/mol. The Morgan fingerprint density at radius 2 is 1.92 bits per heavy atom. The van der Waals surface area contributed by atoms with Gasteiger partial charge >= 0.3 is 6.09 Å². The van der Waals surface area contributed by atoms with E-state index < -0.39 is 18.8 Å². The Hall–Kier alpha value is -3.18. The standard InChI is InChI=1S/C26H24BrClN5O3P/c1-26(2,3)36-25(34)33-20-9-6-15(13-29)10-17(20)11-21(33)16-7-8-19(22(12-16)37(4,5)35)31-23-18(27)14-30-24(28)32-23/h6-12,14H,1-5H3,(H,30,31,32). The zero-order chi connectivity index (χ0) is 27.1. The fraction of sp³-hybridized carbons (Fsp3) is 0.231. The molecule has 0 unspecified atom stereocenters. The molecule has 0 aliphatic heterocycles. The molecule has 2 heterocycles. The normalized spacial score (nSPS) is 11.8. The number of aromatic nitrogens is 3. The van der Waals surface area contributed by atoms with Gasteiger partial charge < -0.3 is 14.6 Å². The van der Waals surface area contributed by atoms with Crippen molar-refractivity contribution in [1.29, 1.82) is 5.26 Å². The molecule has 0 aliphatic rings. The number of carbonyl (C=O) groups is 1. The fourth-order valence-corrected chi connectivity index (χ4v) is 5.39. The average molecular weight is 601 g/mol. The third kappa shape index (κ3) is 5.88. The molecular formula is C26H24BrClN5O3P. The molecule has 0 saturated carbocycles. The zero-order valence-electron chi connectivity index (χ0n) is 20.8. The summed E-state index contributed by atoms with van der Waals surface area (Å²) in [6.07, 6.45) is 0.972. The number of hydrogen-bond donors (Lipinski definition) is 1. The lowest BCUT2D eigenvalue weighted by atomic mass is 10.1. The highest BCUT2D eigenvalue weighted by Crippen LogP contribution is 2.41. The van der Waals surface area contributed by atoms with Crippen molar-refractivity contribution >= 4 is 68.5 Å². The van der Waals surface area contributed by atoms with Crippen LogP contribution in [0.25, 0.3) is 22.2 Å². The van der Waals surface area contributed by atoms with E-state index in [9.17, 15) is 14.6 Å². The number of carbonyl (C=O) groups excluding carboxylic acids is 1. The van der Waals surface area contributed by atoms with Gasteiger partial charge in [0.15, 0.2) is 0 Å². The Balaban J connectivity index is 1.91. The van der Waals surface area contributed by atoms with E-state index in [1.54, 1.807) is 64.4 Å². The van der Waals surface area contributed by atoms with Gasteiger partial charge in [0.2, 0.25) is 5.28 Å². The quantitative estimate of drug-likeness (QED) is 0.195. The van der Waals surface area contributed by atoms with E-state index in [2.05, 4.69) is 37.3 Å².